The van der Waals surface area contributed by atoms with Crippen LogP contribution in [-0.2, 0) is 0 Å². The minimum atomic E-state index is -0.124. The number of hydrogen-bond donors (Lipinski definition) is 2. The highest BCUT2D eigenvalue weighted by atomic mass is 16.2. The number of hydrogen-bond acceptors (Lipinski definition) is 3. The van der Waals surface area contributed by atoms with E-state index < -0.39 is 0 Å². The number of anilines is 1. The summed E-state index contributed by atoms with van der Waals surface area (Å²) in [6, 6.07) is 0. The van der Waals surface area contributed by atoms with Crippen LogP contribution in [0.2, 0.25) is 0 Å². The predicted octanol–water partition coefficient (Wildman–Crippen LogP) is 1.91. The number of nitrogens with zero attached hydrogens (tertiary/aromatic N) is 2. The Balaban J connectivity index is 2.19. The zero-order chi connectivity index (χ0) is 13.3. The molecule has 1 aromatic heterocycles. The first-order valence-electron chi connectivity index (χ1n) is 6.32. The third-order valence-corrected chi connectivity index (χ3v) is 3.15. The predicted molar refractivity (Wildman–Crippen MR) is 71.4 cm³/mol. The summed E-state index contributed by atoms with van der Waals surface area (Å²) < 4.78 is 0. The van der Waals surface area contributed by atoms with Crippen LogP contribution in [0.3, 0.4) is 0 Å². The Bertz CT molecular complexity index is 473. The molecule has 3 N–H and O–H groups in total. The van der Waals surface area contributed by atoms with E-state index in [1.165, 1.54) is 0 Å². The van der Waals surface area contributed by atoms with Crippen molar-refractivity contribution < 1.29 is 4.79 Å². The van der Waals surface area contributed by atoms with Crippen LogP contribution in [0.4, 0.5) is 5.69 Å². The molecule has 0 atom stereocenters. The van der Waals surface area contributed by atoms with Gasteiger partial charge in [0.15, 0.2) is 5.69 Å². The highest BCUT2D eigenvalue weighted by Crippen LogP contribution is 2.42. The third kappa shape index (κ3) is 2.39. The molecule has 5 heteroatoms. The van der Waals surface area contributed by atoms with E-state index in [2.05, 4.69) is 16.8 Å². The van der Waals surface area contributed by atoms with Crippen LogP contribution in [0.5, 0.6) is 0 Å². The summed E-state index contributed by atoms with van der Waals surface area (Å²) in [4.78, 5) is 14.0. The van der Waals surface area contributed by atoms with Crippen molar-refractivity contribution in [2.45, 2.75) is 32.6 Å². The lowest BCUT2D eigenvalue weighted by Crippen LogP contribution is -2.32. The fraction of sp³-hybridized carbons (Fsp3) is 0.538. The van der Waals surface area contributed by atoms with Crippen molar-refractivity contribution in [3.05, 3.63) is 23.5 Å². The molecule has 2 rings (SSSR count). The zero-order valence-electron chi connectivity index (χ0n) is 11.0. The van der Waals surface area contributed by atoms with E-state index in [4.69, 9.17) is 5.73 Å². The van der Waals surface area contributed by atoms with Crippen molar-refractivity contribution >= 4 is 11.6 Å². The van der Waals surface area contributed by atoms with Gasteiger partial charge in [0, 0.05) is 19.0 Å². The van der Waals surface area contributed by atoms with Crippen molar-refractivity contribution in [2.75, 3.05) is 18.8 Å². The van der Waals surface area contributed by atoms with Crippen molar-refractivity contribution in [2.24, 2.45) is 0 Å². The Morgan fingerprint density at radius 2 is 2.28 bits per heavy atom. The molecule has 0 aromatic carbocycles. The third-order valence-electron chi connectivity index (χ3n) is 3.15. The van der Waals surface area contributed by atoms with Gasteiger partial charge in [-0.05, 0) is 26.7 Å². The van der Waals surface area contributed by atoms with Crippen LogP contribution in [-0.4, -0.2) is 34.1 Å². The Morgan fingerprint density at radius 3 is 2.78 bits per heavy atom. The van der Waals surface area contributed by atoms with Gasteiger partial charge in [-0.2, -0.15) is 5.10 Å². The van der Waals surface area contributed by atoms with Crippen molar-refractivity contribution in [1.82, 2.24) is 15.1 Å². The van der Waals surface area contributed by atoms with Crippen LogP contribution in [0, 0.1) is 0 Å². The van der Waals surface area contributed by atoms with Gasteiger partial charge in [-0.15, -0.1) is 0 Å². The normalized spacial score (nSPS) is 14.6. The number of carbonyl (C=O) groups is 1. The highest BCUT2D eigenvalue weighted by molar-refractivity contribution is 5.97. The van der Waals surface area contributed by atoms with Gasteiger partial charge in [0.1, 0.15) is 0 Å². The van der Waals surface area contributed by atoms with Gasteiger partial charge in [0.05, 0.1) is 11.4 Å². The molecule has 0 unspecified atom stereocenters. The molecular formula is C13H20N4O. The number of amides is 1. The Labute approximate surface area is 107 Å². The number of nitrogens with one attached hydrogen (secondary N) is 1. The molecule has 0 saturated heterocycles. The lowest BCUT2D eigenvalue weighted by Gasteiger charge is -2.19. The van der Waals surface area contributed by atoms with Crippen molar-refractivity contribution in [1.29, 1.82) is 0 Å². The van der Waals surface area contributed by atoms with Crippen LogP contribution in [0.1, 0.15) is 48.8 Å². The maximum Gasteiger partial charge on any atom is 0.276 e. The summed E-state index contributed by atoms with van der Waals surface area (Å²) in [5.41, 5.74) is 8.74. The van der Waals surface area contributed by atoms with E-state index in [0.717, 1.165) is 24.1 Å². The lowest BCUT2D eigenvalue weighted by atomic mass is 10.2. The van der Waals surface area contributed by atoms with Crippen molar-refractivity contribution in [3.8, 4) is 0 Å². The summed E-state index contributed by atoms with van der Waals surface area (Å²) >= 11 is 0. The second kappa shape index (κ2) is 4.84. The fourth-order valence-electron chi connectivity index (χ4n) is 2.01. The lowest BCUT2D eigenvalue weighted by molar-refractivity contribution is 0.0773. The average Bonchev–Trinajstić information content (AvgIpc) is 3.09. The van der Waals surface area contributed by atoms with Crippen LogP contribution in [0.15, 0.2) is 12.2 Å². The topological polar surface area (TPSA) is 75.0 Å². The first kappa shape index (κ1) is 12.7. The minimum absolute atomic E-state index is 0.124. The van der Waals surface area contributed by atoms with E-state index in [0.29, 0.717) is 30.4 Å². The molecule has 1 aromatic rings. The Hall–Kier alpha value is -1.78. The molecule has 1 fully saturated rings. The first-order valence-corrected chi connectivity index (χ1v) is 6.32. The van der Waals surface area contributed by atoms with E-state index in [1.54, 1.807) is 4.90 Å². The number of rotatable bonds is 5. The van der Waals surface area contributed by atoms with Crippen LogP contribution in [0.25, 0.3) is 0 Å². The second-order valence-corrected chi connectivity index (χ2v) is 4.95. The first-order chi connectivity index (χ1) is 8.54. The SMILES string of the molecule is C=C(C)CN(CC)C(=O)c1n[nH]c(C2CC2)c1N. The largest absolute Gasteiger partial charge is 0.395 e. The van der Waals surface area contributed by atoms with Gasteiger partial charge in [-0.3, -0.25) is 9.89 Å². The number of aromatic amines is 1. The summed E-state index contributed by atoms with van der Waals surface area (Å²) in [6.45, 7) is 8.83. The van der Waals surface area contributed by atoms with Gasteiger partial charge in [0.25, 0.3) is 5.91 Å². The number of nitrogens with two attached hydrogens (primary N) is 1. The average molecular weight is 248 g/mol. The highest BCUT2D eigenvalue weighted by Gasteiger charge is 2.31. The summed E-state index contributed by atoms with van der Waals surface area (Å²) in [5.74, 6) is 0.344. The van der Waals surface area contributed by atoms with Gasteiger partial charge in [-0.1, -0.05) is 12.2 Å². The van der Waals surface area contributed by atoms with Crippen molar-refractivity contribution in [3.63, 3.8) is 0 Å². The van der Waals surface area contributed by atoms with Gasteiger partial charge >= 0.3 is 0 Å². The van der Waals surface area contributed by atoms with E-state index in [-0.39, 0.29) is 5.91 Å². The Morgan fingerprint density at radius 1 is 1.61 bits per heavy atom. The molecular weight excluding hydrogens is 228 g/mol. The van der Waals surface area contributed by atoms with Gasteiger partial charge < -0.3 is 10.6 Å². The summed E-state index contributed by atoms with van der Waals surface area (Å²) in [6.07, 6.45) is 2.26. The maximum absolute atomic E-state index is 12.3. The quantitative estimate of drug-likeness (QED) is 0.781. The molecule has 5 nitrogen and oxygen atoms in total. The molecule has 0 bridgehead atoms. The molecule has 1 heterocycles. The molecule has 98 valence electrons. The van der Waals surface area contributed by atoms with E-state index >= 15 is 0 Å². The smallest absolute Gasteiger partial charge is 0.276 e. The van der Waals surface area contributed by atoms with Gasteiger partial charge in [0.2, 0.25) is 0 Å². The molecule has 18 heavy (non-hydrogen) atoms. The molecule has 0 aliphatic heterocycles. The molecule has 0 spiro atoms. The number of carbonyl (C=O) groups excluding carboxylic acids is 1. The molecule has 1 aliphatic carbocycles. The standard InChI is InChI=1S/C13H20N4O/c1-4-17(7-8(2)3)13(18)12-10(14)11(15-16-12)9-5-6-9/h9H,2,4-7,14H2,1,3H3,(H,15,16). The van der Waals surface area contributed by atoms with Crippen LogP contribution >= 0.6 is 0 Å². The molecule has 1 saturated carbocycles. The zero-order valence-corrected chi connectivity index (χ0v) is 11.0. The second-order valence-electron chi connectivity index (χ2n) is 4.95. The monoisotopic (exact) mass is 248 g/mol. The summed E-state index contributed by atoms with van der Waals surface area (Å²) in [7, 11) is 0. The molecule has 1 aliphatic rings. The van der Waals surface area contributed by atoms with E-state index in [1.807, 2.05) is 13.8 Å². The summed E-state index contributed by atoms with van der Waals surface area (Å²) in [5, 5.41) is 6.99. The number of aromatic nitrogens is 2. The van der Waals surface area contributed by atoms with E-state index in [9.17, 15) is 4.79 Å². The number of H-pyrrole nitrogens is 1. The van der Waals surface area contributed by atoms with Crippen LogP contribution < -0.4 is 5.73 Å². The minimum Gasteiger partial charge on any atom is -0.395 e. The molecule has 0 radical (unpaired) electrons. The number of likely N-dealkylation sites (N-methyl/N-ethyl adjacent to an activating group) is 1. The molecule has 1 amide bonds. The Kier molecular flexibility index (Phi) is 3.41. The fourth-order valence-corrected chi connectivity index (χ4v) is 2.01. The van der Waals surface area contributed by atoms with Gasteiger partial charge in [-0.25, -0.2) is 0 Å². The maximum atomic E-state index is 12.3. The number of nitrogen functional groups attached to an aromatic ring is 1.